The van der Waals surface area contributed by atoms with Gasteiger partial charge in [-0.3, -0.25) is 4.79 Å². The van der Waals surface area contributed by atoms with Crippen molar-refractivity contribution in [2.24, 2.45) is 5.41 Å². The van der Waals surface area contributed by atoms with E-state index < -0.39 is 5.41 Å². The Morgan fingerprint density at radius 2 is 2.04 bits per heavy atom. The van der Waals surface area contributed by atoms with Crippen LogP contribution < -0.4 is 4.74 Å². The summed E-state index contributed by atoms with van der Waals surface area (Å²) in [6.07, 6.45) is 3.36. The van der Waals surface area contributed by atoms with Gasteiger partial charge >= 0.3 is 0 Å². The van der Waals surface area contributed by atoms with Crippen LogP contribution in [0.15, 0.2) is 30.5 Å². The lowest BCUT2D eigenvalue weighted by atomic mass is 9.93. The highest BCUT2D eigenvalue weighted by Crippen LogP contribution is 2.27. The number of hydrogen-bond donors (Lipinski definition) is 0. The SMILES string of the molecule is CC(C)(CCl)C(=O)N1CCC(Oc2nncc3ccccc23)CC1. The van der Waals surface area contributed by atoms with Crippen molar-refractivity contribution in [1.82, 2.24) is 15.1 Å². The molecule has 128 valence electrons. The van der Waals surface area contributed by atoms with E-state index in [4.69, 9.17) is 16.3 Å². The summed E-state index contributed by atoms with van der Waals surface area (Å²) >= 11 is 5.91. The third-order valence-electron chi connectivity index (χ3n) is 4.46. The fraction of sp³-hybridized carbons (Fsp3) is 0.500. The number of fused-ring (bicyclic) bond motifs is 1. The lowest BCUT2D eigenvalue weighted by Crippen LogP contribution is -2.47. The van der Waals surface area contributed by atoms with Gasteiger partial charge in [0.1, 0.15) is 6.10 Å². The van der Waals surface area contributed by atoms with Gasteiger partial charge in [0.15, 0.2) is 0 Å². The van der Waals surface area contributed by atoms with Crippen LogP contribution in [0.1, 0.15) is 26.7 Å². The number of nitrogens with zero attached hydrogens (tertiary/aromatic N) is 3. The molecule has 0 aliphatic carbocycles. The maximum Gasteiger partial charge on any atom is 0.241 e. The molecule has 0 atom stereocenters. The molecule has 24 heavy (non-hydrogen) atoms. The maximum atomic E-state index is 12.5. The van der Waals surface area contributed by atoms with E-state index in [1.165, 1.54) is 0 Å². The van der Waals surface area contributed by atoms with Gasteiger partial charge in [-0.05, 0) is 19.9 Å². The van der Waals surface area contributed by atoms with E-state index in [1.807, 2.05) is 43.0 Å². The van der Waals surface area contributed by atoms with E-state index in [9.17, 15) is 4.79 Å². The van der Waals surface area contributed by atoms with Gasteiger partial charge in [0.25, 0.3) is 0 Å². The molecule has 1 saturated heterocycles. The Labute approximate surface area is 147 Å². The predicted molar refractivity (Wildman–Crippen MR) is 94.3 cm³/mol. The van der Waals surface area contributed by atoms with Gasteiger partial charge in [-0.15, -0.1) is 16.7 Å². The van der Waals surface area contributed by atoms with Gasteiger partial charge in [0.05, 0.1) is 11.6 Å². The first-order valence-electron chi connectivity index (χ1n) is 8.24. The van der Waals surface area contributed by atoms with Crippen molar-refractivity contribution >= 4 is 28.3 Å². The lowest BCUT2D eigenvalue weighted by Gasteiger charge is -2.36. The molecule has 1 fully saturated rings. The Hall–Kier alpha value is -1.88. The van der Waals surface area contributed by atoms with Crippen molar-refractivity contribution in [3.05, 3.63) is 30.5 Å². The Morgan fingerprint density at radius 1 is 1.33 bits per heavy atom. The van der Waals surface area contributed by atoms with Crippen molar-refractivity contribution in [1.29, 1.82) is 0 Å². The molecule has 5 nitrogen and oxygen atoms in total. The number of hydrogen-bond acceptors (Lipinski definition) is 4. The second-order valence-corrected chi connectivity index (χ2v) is 7.13. The van der Waals surface area contributed by atoms with Crippen LogP contribution in [-0.4, -0.2) is 46.1 Å². The minimum atomic E-state index is -0.518. The van der Waals surface area contributed by atoms with E-state index >= 15 is 0 Å². The molecule has 2 heterocycles. The van der Waals surface area contributed by atoms with Gasteiger partial charge in [-0.1, -0.05) is 18.2 Å². The molecule has 1 amide bonds. The number of carbonyl (C=O) groups is 1. The minimum absolute atomic E-state index is 0.0493. The number of carbonyl (C=O) groups excluding carboxylic acids is 1. The first-order chi connectivity index (χ1) is 11.5. The van der Waals surface area contributed by atoms with E-state index in [2.05, 4.69) is 10.2 Å². The van der Waals surface area contributed by atoms with Crippen LogP contribution in [0.5, 0.6) is 5.88 Å². The monoisotopic (exact) mass is 347 g/mol. The van der Waals surface area contributed by atoms with Crippen molar-refractivity contribution in [2.75, 3.05) is 19.0 Å². The molecule has 0 spiro atoms. The molecule has 1 aliphatic rings. The minimum Gasteiger partial charge on any atom is -0.473 e. The largest absolute Gasteiger partial charge is 0.473 e. The van der Waals surface area contributed by atoms with Crippen molar-refractivity contribution in [3.63, 3.8) is 0 Å². The average Bonchev–Trinajstić information content (AvgIpc) is 2.62. The van der Waals surface area contributed by atoms with Crippen molar-refractivity contribution < 1.29 is 9.53 Å². The standard InChI is InChI=1S/C18H22ClN3O2/c1-18(2,12-19)17(23)22-9-7-14(8-10-22)24-16-15-6-4-3-5-13(15)11-20-21-16/h3-6,11,14H,7-10,12H2,1-2H3. The zero-order chi connectivity index (χ0) is 17.2. The summed E-state index contributed by atoms with van der Waals surface area (Å²) in [5.41, 5.74) is -0.518. The zero-order valence-electron chi connectivity index (χ0n) is 14.0. The van der Waals surface area contributed by atoms with Gasteiger partial charge in [-0.2, -0.15) is 5.10 Å². The quantitative estimate of drug-likeness (QED) is 0.796. The van der Waals surface area contributed by atoms with Crippen LogP contribution in [-0.2, 0) is 4.79 Å². The lowest BCUT2D eigenvalue weighted by molar-refractivity contribution is -0.141. The Bertz CT molecular complexity index is 722. The summed E-state index contributed by atoms with van der Waals surface area (Å²) in [7, 11) is 0. The molecular weight excluding hydrogens is 326 g/mol. The summed E-state index contributed by atoms with van der Waals surface area (Å²) in [5.74, 6) is 1.01. The fourth-order valence-corrected chi connectivity index (χ4v) is 3.02. The third-order valence-corrected chi connectivity index (χ3v) is 5.13. The van der Waals surface area contributed by atoms with Crippen LogP contribution in [0.25, 0.3) is 10.8 Å². The molecule has 0 unspecified atom stereocenters. The molecule has 0 radical (unpaired) electrons. The van der Waals surface area contributed by atoms with E-state index in [0.29, 0.717) is 24.8 Å². The highest BCUT2D eigenvalue weighted by Gasteiger charge is 2.33. The molecule has 0 bridgehead atoms. The molecule has 6 heteroatoms. The second-order valence-electron chi connectivity index (χ2n) is 6.86. The van der Waals surface area contributed by atoms with Crippen LogP contribution in [0.3, 0.4) is 0 Å². The van der Waals surface area contributed by atoms with Crippen LogP contribution >= 0.6 is 11.6 Å². The molecule has 3 rings (SSSR count). The second kappa shape index (κ2) is 6.93. The number of halogens is 1. The van der Waals surface area contributed by atoms with E-state index in [1.54, 1.807) is 6.20 Å². The first-order valence-corrected chi connectivity index (χ1v) is 8.77. The first kappa shape index (κ1) is 17.0. The third kappa shape index (κ3) is 3.46. The number of benzene rings is 1. The number of likely N-dealkylation sites (tertiary alicyclic amines) is 1. The molecule has 1 aromatic heterocycles. The van der Waals surface area contributed by atoms with Crippen LogP contribution in [0, 0.1) is 5.41 Å². The van der Waals surface area contributed by atoms with Crippen LogP contribution in [0.2, 0.25) is 0 Å². The van der Waals surface area contributed by atoms with E-state index in [-0.39, 0.29) is 12.0 Å². The normalized spacial score (nSPS) is 16.4. The summed E-state index contributed by atoms with van der Waals surface area (Å²) in [4.78, 5) is 14.4. The topological polar surface area (TPSA) is 55.3 Å². The van der Waals surface area contributed by atoms with E-state index in [0.717, 1.165) is 23.6 Å². The highest BCUT2D eigenvalue weighted by atomic mass is 35.5. The predicted octanol–water partition coefficient (Wildman–Crippen LogP) is 3.26. The van der Waals surface area contributed by atoms with Gasteiger partial charge in [0.2, 0.25) is 11.8 Å². The zero-order valence-corrected chi connectivity index (χ0v) is 14.8. The Balaban J connectivity index is 1.64. The number of piperidine rings is 1. The molecular formula is C18H22ClN3O2. The summed E-state index contributed by atoms with van der Waals surface area (Å²) in [5, 5.41) is 10.1. The average molecular weight is 348 g/mol. The number of aromatic nitrogens is 2. The van der Waals surface area contributed by atoms with Crippen molar-refractivity contribution in [2.45, 2.75) is 32.8 Å². The maximum absolute atomic E-state index is 12.5. The van der Waals surface area contributed by atoms with Gasteiger partial charge in [0, 0.05) is 42.6 Å². The number of alkyl halides is 1. The summed E-state index contributed by atoms with van der Waals surface area (Å²) < 4.78 is 6.07. The number of amides is 1. The molecule has 2 aromatic rings. The summed E-state index contributed by atoms with van der Waals surface area (Å²) in [6, 6.07) is 7.91. The summed E-state index contributed by atoms with van der Waals surface area (Å²) in [6.45, 7) is 5.14. The molecule has 1 aromatic carbocycles. The molecule has 1 aliphatic heterocycles. The van der Waals surface area contributed by atoms with Gasteiger partial charge in [-0.25, -0.2) is 0 Å². The van der Waals surface area contributed by atoms with Crippen LogP contribution in [0.4, 0.5) is 0 Å². The Kier molecular flexibility index (Phi) is 4.90. The molecule has 0 saturated carbocycles. The fourth-order valence-electron chi connectivity index (χ4n) is 2.91. The smallest absolute Gasteiger partial charge is 0.241 e. The Morgan fingerprint density at radius 3 is 2.75 bits per heavy atom. The van der Waals surface area contributed by atoms with Crippen molar-refractivity contribution in [3.8, 4) is 5.88 Å². The molecule has 0 N–H and O–H groups in total. The highest BCUT2D eigenvalue weighted by molar-refractivity contribution is 6.19. The number of rotatable bonds is 4. The number of ether oxygens (including phenoxy) is 1. The van der Waals surface area contributed by atoms with Gasteiger partial charge < -0.3 is 9.64 Å².